The predicted octanol–water partition coefficient (Wildman–Crippen LogP) is 2.86. The molecule has 1 saturated heterocycles. The molecule has 1 fully saturated rings. The summed E-state index contributed by atoms with van der Waals surface area (Å²) >= 11 is 0. The molecule has 0 bridgehead atoms. The van der Waals surface area contributed by atoms with E-state index in [0.717, 1.165) is 13.1 Å². The van der Waals surface area contributed by atoms with Crippen LogP contribution in [0.15, 0.2) is 18.2 Å². The van der Waals surface area contributed by atoms with Crippen molar-refractivity contribution < 1.29 is 0 Å². The standard InChI is InChI=1S/C16H26N2/c1-12-7-13(2)9-15(8-12)10-18-6-4-5-16(11-18)14(3)17/h7-9,14,16H,4-6,10-11,17H2,1-3H3. The number of nitrogens with zero attached hydrogens (tertiary/aromatic N) is 1. The summed E-state index contributed by atoms with van der Waals surface area (Å²) in [5.74, 6) is 0.671. The summed E-state index contributed by atoms with van der Waals surface area (Å²) in [6, 6.07) is 7.18. The van der Waals surface area contributed by atoms with Gasteiger partial charge < -0.3 is 5.73 Å². The van der Waals surface area contributed by atoms with Crippen LogP contribution in [-0.2, 0) is 6.54 Å². The molecule has 1 heterocycles. The summed E-state index contributed by atoms with van der Waals surface area (Å²) in [5, 5.41) is 0. The molecule has 100 valence electrons. The van der Waals surface area contributed by atoms with Crippen LogP contribution >= 0.6 is 0 Å². The second-order valence-electron chi connectivity index (χ2n) is 5.99. The van der Waals surface area contributed by atoms with E-state index in [-0.39, 0.29) is 0 Å². The van der Waals surface area contributed by atoms with Gasteiger partial charge in [-0.3, -0.25) is 4.90 Å². The minimum Gasteiger partial charge on any atom is -0.328 e. The van der Waals surface area contributed by atoms with Gasteiger partial charge in [0.2, 0.25) is 0 Å². The molecule has 2 heteroatoms. The number of aryl methyl sites for hydroxylation is 2. The maximum absolute atomic E-state index is 6.04. The summed E-state index contributed by atoms with van der Waals surface area (Å²) in [7, 11) is 0. The van der Waals surface area contributed by atoms with Crippen molar-refractivity contribution >= 4 is 0 Å². The number of piperidine rings is 1. The first kappa shape index (κ1) is 13.6. The summed E-state index contributed by atoms with van der Waals surface area (Å²) in [6.45, 7) is 9.95. The van der Waals surface area contributed by atoms with Gasteiger partial charge in [0.25, 0.3) is 0 Å². The number of nitrogens with two attached hydrogens (primary N) is 1. The molecule has 1 aliphatic rings. The maximum Gasteiger partial charge on any atom is 0.0234 e. The molecule has 0 radical (unpaired) electrons. The lowest BCUT2D eigenvalue weighted by Crippen LogP contribution is -2.41. The first-order valence-corrected chi connectivity index (χ1v) is 7.09. The van der Waals surface area contributed by atoms with Crippen molar-refractivity contribution in [2.75, 3.05) is 13.1 Å². The minimum absolute atomic E-state index is 0.326. The Bertz CT molecular complexity index is 378. The monoisotopic (exact) mass is 246 g/mol. The molecule has 2 N–H and O–H groups in total. The first-order valence-electron chi connectivity index (χ1n) is 7.09. The number of hydrogen-bond donors (Lipinski definition) is 1. The van der Waals surface area contributed by atoms with Gasteiger partial charge >= 0.3 is 0 Å². The molecule has 1 aliphatic heterocycles. The number of likely N-dealkylation sites (tertiary alicyclic amines) is 1. The maximum atomic E-state index is 6.04. The van der Waals surface area contributed by atoms with E-state index in [4.69, 9.17) is 5.73 Å². The second-order valence-corrected chi connectivity index (χ2v) is 5.99. The van der Waals surface area contributed by atoms with Gasteiger partial charge in [0, 0.05) is 19.1 Å². The molecule has 0 saturated carbocycles. The van der Waals surface area contributed by atoms with E-state index in [9.17, 15) is 0 Å². The molecule has 2 atom stereocenters. The van der Waals surface area contributed by atoms with Crippen molar-refractivity contribution in [3.8, 4) is 0 Å². The zero-order valence-corrected chi connectivity index (χ0v) is 11.9. The van der Waals surface area contributed by atoms with E-state index in [2.05, 4.69) is 43.9 Å². The van der Waals surface area contributed by atoms with Gasteiger partial charge in [0.05, 0.1) is 0 Å². The van der Waals surface area contributed by atoms with Crippen molar-refractivity contribution in [1.29, 1.82) is 0 Å². The third-order valence-electron chi connectivity index (χ3n) is 3.97. The lowest BCUT2D eigenvalue weighted by Gasteiger charge is -2.34. The van der Waals surface area contributed by atoms with Crippen LogP contribution < -0.4 is 5.73 Å². The highest BCUT2D eigenvalue weighted by molar-refractivity contribution is 5.28. The summed E-state index contributed by atoms with van der Waals surface area (Å²) in [6.07, 6.45) is 2.58. The molecule has 0 aromatic heterocycles. The van der Waals surface area contributed by atoms with Gasteiger partial charge in [-0.15, -0.1) is 0 Å². The highest BCUT2D eigenvalue weighted by Crippen LogP contribution is 2.21. The fourth-order valence-electron chi connectivity index (χ4n) is 3.08. The van der Waals surface area contributed by atoms with Gasteiger partial charge in [0.1, 0.15) is 0 Å². The van der Waals surface area contributed by atoms with E-state index in [1.165, 1.54) is 36.1 Å². The average Bonchev–Trinajstić information content (AvgIpc) is 2.27. The van der Waals surface area contributed by atoms with E-state index >= 15 is 0 Å². The Morgan fingerprint density at radius 1 is 1.28 bits per heavy atom. The number of benzene rings is 1. The fourth-order valence-corrected chi connectivity index (χ4v) is 3.08. The lowest BCUT2D eigenvalue weighted by molar-refractivity contribution is 0.154. The van der Waals surface area contributed by atoms with Crippen molar-refractivity contribution in [2.45, 2.75) is 46.2 Å². The zero-order chi connectivity index (χ0) is 13.1. The second kappa shape index (κ2) is 5.85. The van der Waals surface area contributed by atoms with Crippen LogP contribution in [0.5, 0.6) is 0 Å². The molecule has 0 spiro atoms. The van der Waals surface area contributed by atoms with Crippen LogP contribution in [0.3, 0.4) is 0 Å². The van der Waals surface area contributed by atoms with E-state index in [0.29, 0.717) is 12.0 Å². The Balaban J connectivity index is 2.00. The van der Waals surface area contributed by atoms with Gasteiger partial charge in [-0.1, -0.05) is 29.3 Å². The largest absolute Gasteiger partial charge is 0.328 e. The topological polar surface area (TPSA) is 29.3 Å². The molecule has 2 unspecified atom stereocenters. The van der Waals surface area contributed by atoms with E-state index in [1.54, 1.807) is 0 Å². The number of hydrogen-bond acceptors (Lipinski definition) is 2. The first-order chi connectivity index (χ1) is 8.54. The smallest absolute Gasteiger partial charge is 0.0234 e. The van der Waals surface area contributed by atoms with Crippen LogP contribution in [-0.4, -0.2) is 24.0 Å². The van der Waals surface area contributed by atoms with Crippen molar-refractivity contribution in [2.24, 2.45) is 11.7 Å². The molecular formula is C16H26N2. The van der Waals surface area contributed by atoms with Crippen LogP contribution in [0, 0.1) is 19.8 Å². The highest BCUT2D eigenvalue weighted by Gasteiger charge is 2.22. The summed E-state index contributed by atoms with van der Waals surface area (Å²) in [4.78, 5) is 2.56. The van der Waals surface area contributed by atoms with Crippen molar-refractivity contribution in [3.63, 3.8) is 0 Å². The van der Waals surface area contributed by atoms with Gasteiger partial charge in [0.15, 0.2) is 0 Å². The number of rotatable bonds is 3. The Morgan fingerprint density at radius 2 is 1.94 bits per heavy atom. The molecule has 0 aliphatic carbocycles. The SMILES string of the molecule is Cc1cc(C)cc(CN2CCCC(C(C)N)C2)c1. The van der Waals surface area contributed by atoms with E-state index in [1.807, 2.05) is 0 Å². The molecule has 0 amide bonds. The highest BCUT2D eigenvalue weighted by atomic mass is 15.1. The van der Waals surface area contributed by atoms with Gasteiger partial charge in [-0.25, -0.2) is 0 Å². The molecule has 2 nitrogen and oxygen atoms in total. The lowest BCUT2D eigenvalue weighted by atomic mass is 9.92. The third-order valence-corrected chi connectivity index (χ3v) is 3.97. The Kier molecular flexibility index (Phi) is 4.41. The third kappa shape index (κ3) is 3.56. The summed E-state index contributed by atoms with van der Waals surface area (Å²) < 4.78 is 0. The molecule has 18 heavy (non-hydrogen) atoms. The van der Waals surface area contributed by atoms with Crippen LogP contribution in [0.25, 0.3) is 0 Å². The molecule has 1 aromatic carbocycles. The molecule has 2 rings (SSSR count). The summed E-state index contributed by atoms with van der Waals surface area (Å²) in [5.41, 5.74) is 10.2. The van der Waals surface area contributed by atoms with Crippen LogP contribution in [0.2, 0.25) is 0 Å². The van der Waals surface area contributed by atoms with E-state index < -0.39 is 0 Å². The Hall–Kier alpha value is -0.860. The molecular weight excluding hydrogens is 220 g/mol. The van der Waals surface area contributed by atoms with Crippen LogP contribution in [0.4, 0.5) is 0 Å². The minimum atomic E-state index is 0.326. The van der Waals surface area contributed by atoms with Crippen molar-refractivity contribution in [1.82, 2.24) is 4.90 Å². The van der Waals surface area contributed by atoms with Gasteiger partial charge in [-0.05, 0) is 51.6 Å². The Labute approximate surface area is 111 Å². The quantitative estimate of drug-likeness (QED) is 0.888. The average molecular weight is 246 g/mol. The molecule has 1 aromatic rings. The predicted molar refractivity (Wildman–Crippen MR) is 77.6 cm³/mol. The zero-order valence-electron chi connectivity index (χ0n) is 11.9. The van der Waals surface area contributed by atoms with Crippen molar-refractivity contribution in [3.05, 3.63) is 34.9 Å². The fraction of sp³-hybridized carbons (Fsp3) is 0.625. The van der Waals surface area contributed by atoms with Gasteiger partial charge in [-0.2, -0.15) is 0 Å². The van der Waals surface area contributed by atoms with Crippen LogP contribution in [0.1, 0.15) is 36.5 Å². The Morgan fingerprint density at radius 3 is 2.56 bits per heavy atom. The normalized spacial score (nSPS) is 23.0.